The van der Waals surface area contributed by atoms with Crippen molar-refractivity contribution in [2.45, 2.75) is 31.6 Å². The lowest BCUT2D eigenvalue weighted by Gasteiger charge is -2.16. The van der Waals surface area contributed by atoms with Crippen LogP contribution in [0.2, 0.25) is 0 Å². The van der Waals surface area contributed by atoms with Gasteiger partial charge in [0.25, 0.3) is 0 Å². The van der Waals surface area contributed by atoms with Crippen LogP contribution in [0, 0.1) is 6.92 Å². The van der Waals surface area contributed by atoms with Gasteiger partial charge in [0.15, 0.2) is 11.5 Å². The van der Waals surface area contributed by atoms with Gasteiger partial charge in [-0.2, -0.15) is 0 Å². The Balaban J connectivity index is 1.42. The molecule has 1 amide bonds. The number of hydrogen-bond acceptors (Lipinski definition) is 5. The number of ketones is 1. The predicted molar refractivity (Wildman–Crippen MR) is 115 cm³/mol. The molecule has 6 nitrogen and oxygen atoms in total. The molecule has 2 aromatic carbocycles. The molecule has 0 bridgehead atoms. The number of carbonyl (C=O) groups is 2. The van der Waals surface area contributed by atoms with E-state index in [9.17, 15) is 9.59 Å². The van der Waals surface area contributed by atoms with Gasteiger partial charge >= 0.3 is 0 Å². The van der Waals surface area contributed by atoms with E-state index in [0.717, 1.165) is 46.5 Å². The number of aryl methyl sites for hydroxylation is 1. The minimum atomic E-state index is -0.474. The first kappa shape index (κ1) is 19.3. The fourth-order valence-corrected chi connectivity index (χ4v) is 4.21. The lowest BCUT2D eigenvalue weighted by molar-refractivity contribution is -0.120. The van der Waals surface area contributed by atoms with E-state index >= 15 is 0 Å². The fraction of sp³-hybridized carbons (Fsp3) is 0.240. The monoisotopic (exact) mass is 414 g/mol. The van der Waals surface area contributed by atoms with E-state index < -0.39 is 11.3 Å². The van der Waals surface area contributed by atoms with Gasteiger partial charge < -0.3 is 15.2 Å². The van der Waals surface area contributed by atoms with Crippen LogP contribution in [0.15, 0.2) is 54.7 Å². The molecule has 0 atom stereocenters. The number of Topliss-reactive ketones (excluding diaryl/α,β-unsaturated/α-hetero) is 1. The number of primary amides is 1. The molecule has 31 heavy (non-hydrogen) atoms. The summed E-state index contributed by atoms with van der Waals surface area (Å²) in [7, 11) is 0. The molecule has 1 aromatic heterocycles. The van der Waals surface area contributed by atoms with Crippen LogP contribution in [0.3, 0.4) is 0 Å². The molecule has 6 heteroatoms. The van der Waals surface area contributed by atoms with Crippen molar-refractivity contribution in [1.29, 1.82) is 0 Å². The van der Waals surface area contributed by atoms with Gasteiger partial charge in [-0.25, -0.2) is 0 Å². The molecule has 1 saturated carbocycles. The smallest absolute Gasteiger partial charge is 0.248 e. The number of pyridine rings is 1. The number of rotatable bonds is 6. The Hall–Kier alpha value is -3.67. The summed E-state index contributed by atoms with van der Waals surface area (Å²) in [5.74, 6) is 1.12. The summed E-state index contributed by atoms with van der Waals surface area (Å²) in [6.45, 7) is 2.13. The molecule has 1 aliphatic carbocycles. The number of ether oxygens (including phenoxy) is 2. The summed E-state index contributed by atoms with van der Waals surface area (Å²) < 4.78 is 10.9. The zero-order chi connectivity index (χ0) is 21.6. The second-order valence-electron chi connectivity index (χ2n) is 8.17. The standard InChI is InChI=1S/C25H22N2O4/c1-15-20(17-3-2-4-18(11-17)24(26)29)9-16(13-27-15)10-23(28)25(7-8-25)19-5-6-21-22(12-19)31-14-30-21/h2-6,9,11-13H,7-8,10,14H2,1H3,(H2,26,29). The quantitative estimate of drug-likeness (QED) is 0.664. The average Bonchev–Trinajstić information content (AvgIpc) is 3.46. The minimum absolute atomic E-state index is 0.175. The zero-order valence-corrected chi connectivity index (χ0v) is 17.2. The number of nitrogens with two attached hydrogens (primary N) is 1. The summed E-state index contributed by atoms with van der Waals surface area (Å²) in [4.78, 5) is 29.4. The molecule has 0 spiro atoms. The van der Waals surface area contributed by atoms with Gasteiger partial charge in [0.1, 0.15) is 5.78 Å². The molecule has 1 aliphatic heterocycles. The number of fused-ring (bicyclic) bond motifs is 1. The number of amides is 1. The van der Waals surface area contributed by atoms with Crippen molar-refractivity contribution in [3.8, 4) is 22.6 Å². The summed E-state index contributed by atoms with van der Waals surface area (Å²) >= 11 is 0. The van der Waals surface area contributed by atoms with Gasteiger partial charge in [-0.3, -0.25) is 14.6 Å². The molecule has 0 unspecified atom stereocenters. The molecule has 0 radical (unpaired) electrons. The first-order valence-corrected chi connectivity index (χ1v) is 10.3. The lowest BCUT2D eigenvalue weighted by atomic mass is 9.87. The molecule has 2 aliphatic rings. The summed E-state index contributed by atoms with van der Waals surface area (Å²) in [5.41, 5.74) is 9.81. The molecule has 1 fully saturated rings. The second kappa shape index (κ2) is 7.23. The highest BCUT2D eigenvalue weighted by molar-refractivity contribution is 5.95. The Kier molecular flexibility index (Phi) is 4.50. The van der Waals surface area contributed by atoms with E-state index in [-0.39, 0.29) is 12.6 Å². The number of nitrogens with zero attached hydrogens (tertiary/aromatic N) is 1. The van der Waals surface area contributed by atoms with Gasteiger partial charge in [-0.15, -0.1) is 0 Å². The molecule has 2 heterocycles. The van der Waals surface area contributed by atoms with Crippen molar-refractivity contribution in [1.82, 2.24) is 4.98 Å². The summed E-state index contributed by atoms with van der Waals surface area (Å²) in [5, 5.41) is 0. The van der Waals surface area contributed by atoms with E-state index in [1.807, 2.05) is 37.3 Å². The van der Waals surface area contributed by atoms with Gasteiger partial charge in [0.2, 0.25) is 12.7 Å². The maximum atomic E-state index is 13.3. The second-order valence-corrected chi connectivity index (χ2v) is 8.17. The fourth-order valence-electron chi connectivity index (χ4n) is 4.21. The van der Waals surface area contributed by atoms with Crippen molar-refractivity contribution in [3.05, 3.63) is 77.1 Å². The summed E-state index contributed by atoms with van der Waals surface area (Å²) in [6.07, 6.45) is 3.71. The van der Waals surface area contributed by atoms with Crippen molar-refractivity contribution >= 4 is 11.7 Å². The molecule has 3 aromatic rings. The highest BCUT2D eigenvalue weighted by Gasteiger charge is 2.50. The molecule has 5 rings (SSSR count). The highest BCUT2D eigenvalue weighted by Crippen LogP contribution is 2.51. The number of carbonyl (C=O) groups excluding carboxylic acids is 2. The van der Waals surface area contributed by atoms with Gasteiger partial charge in [0, 0.05) is 29.4 Å². The normalized spacial score (nSPS) is 15.5. The van der Waals surface area contributed by atoms with Crippen LogP contribution in [0.4, 0.5) is 0 Å². The maximum Gasteiger partial charge on any atom is 0.248 e. The predicted octanol–water partition coefficient (Wildman–Crippen LogP) is 3.73. The first-order chi connectivity index (χ1) is 15.0. The Morgan fingerprint density at radius 2 is 1.87 bits per heavy atom. The summed E-state index contributed by atoms with van der Waals surface area (Å²) in [6, 6.07) is 14.9. The number of aromatic nitrogens is 1. The third-order valence-electron chi connectivity index (χ3n) is 6.18. The minimum Gasteiger partial charge on any atom is -0.454 e. The van der Waals surface area contributed by atoms with Gasteiger partial charge in [0.05, 0.1) is 5.41 Å². The Morgan fingerprint density at radius 3 is 2.65 bits per heavy atom. The third kappa shape index (κ3) is 3.44. The average molecular weight is 414 g/mol. The van der Waals surface area contributed by atoms with Crippen molar-refractivity contribution < 1.29 is 19.1 Å². The Morgan fingerprint density at radius 1 is 1.06 bits per heavy atom. The SMILES string of the molecule is Cc1ncc(CC(=O)C2(c3ccc4c(c3)OCO4)CC2)cc1-c1cccc(C(N)=O)c1. The van der Waals surface area contributed by atoms with E-state index in [0.29, 0.717) is 17.7 Å². The molecule has 0 saturated heterocycles. The molecular weight excluding hydrogens is 392 g/mol. The molecular formula is C25H22N2O4. The lowest BCUT2D eigenvalue weighted by Crippen LogP contribution is -2.22. The van der Waals surface area contributed by atoms with Crippen molar-refractivity contribution in [2.75, 3.05) is 6.79 Å². The number of benzene rings is 2. The van der Waals surface area contributed by atoms with Crippen molar-refractivity contribution in [2.24, 2.45) is 5.73 Å². The Bertz CT molecular complexity index is 1210. The van der Waals surface area contributed by atoms with Crippen LogP contribution in [0.1, 0.15) is 40.0 Å². The van der Waals surface area contributed by atoms with Gasteiger partial charge in [-0.1, -0.05) is 18.2 Å². The maximum absolute atomic E-state index is 13.3. The van der Waals surface area contributed by atoms with Crippen LogP contribution < -0.4 is 15.2 Å². The van der Waals surface area contributed by atoms with Gasteiger partial charge in [-0.05, 0) is 66.8 Å². The van der Waals surface area contributed by atoms with E-state index in [2.05, 4.69) is 4.98 Å². The number of hydrogen-bond donors (Lipinski definition) is 1. The Labute approximate surface area is 180 Å². The molecule has 156 valence electrons. The van der Waals surface area contributed by atoms with Crippen LogP contribution >= 0.6 is 0 Å². The van der Waals surface area contributed by atoms with Crippen LogP contribution in [-0.2, 0) is 16.6 Å². The van der Waals surface area contributed by atoms with Crippen LogP contribution in [0.5, 0.6) is 11.5 Å². The van der Waals surface area contributed by atoms with E-state index in [4.69, 9.17) is 15.2 Å². The highest BCUT2D eigenvalue weighted by atomic mass is 16.7. The third-order valence-corrected chi connectivity index (χ3v) is 6.18. The molecule has 2 N–H and O–H groups in total. The first-order valence-electron chi connectivity index (χ1n) is 10.3. The van der Waals surface area contributed by atoms with Crippen molar-refractivity contribution in [3.63, 3.8) is 0 Å². The largest absolute Gasteiger partial charge is 0.454 e. The van der Waals surface area contributed by atoms with E-state index in [1.54, 1.807) is 24.4 Å². The topological polar surface area (TPSA) is 91.5 Å². The zero-order valence-electron chi connectivity index (χ0n) is 17.2. The van der Waals surface area contributed by atoms with Crippen LogP contribution in [-0.4, -0.2) is 23.5 Å². The van der Waals surface area contributed by atoms with E-state index in [1.165, 1.54) is 0 Å². The van der Waals surface area contributed by atoms with Crippen LogP contribution in [0.25, 0.3) is 11.1 Å².